The van der Waals surface area contributed by atoms with E-state index >= 15 is 0 Å². The molecule has 0 fully saturated rings. The van der Waals surface area contributed by atoms with Crippen LogP contribution in [-0.4, -0.2) is 11.3 Å². The topological polar surface area (TPSA) is 57.3 Å². The number of benzene rings is 3. The number of hydrogen-bond donors (Lipinski definition) is 1. The van der Waals surface area contributed by atoms with Gasteiger partial charge in [-0.3, -0.25) is 4.99 Å². The maximum Gasteiger partial charge on any atom is 0.116 e. The highest BCUT2D eigenvalue weighted by Gasteiger charge is 1.93. The Morgan fingerprint density at radius 3 is 2.00 bits per heavy atom. The molecule has 23 heavy (non-hydrogen) atoms. The van der Waals surface area contributed by atoms with Crippen LogP contribution in [0.3, 0.4) is 0 Å². The number of rotatable bonds is 4. The molecule has 0 radical (unpaired) electrons. The van der Waals surface area contributed by atoms with Crippen LogP contribution < -0.4 is 0 Å². The third kappa shape index (κ3) is 4.35. The zero-order valence-corrected chi connectivity index (χ0v) is 12.4. The summed E-state index contributed by atoms with van der Waals surface area (Å²) in [6, 6.07) is 24.0. The zero-order chi connectivity index (χ0) is 15.9. The summed E-state index contributed by atoms with van der Waals surface area (Å²) >= 11 is 0. The zero-order valence-electron chi connectivity index (χ0n) is 12.4. The van der Waals surface area contributed by atoms with E-state index in [-0.39, 0.29) is 5.75 Å². The second kappa shape index (κ2) is 7.13. The van der Waals surface area contributed by atoms with Crippen molar-refractivity contribution in [1.29, 1.82) is 0 Å². The first-order valence-corrected chi connectivity index (χ1v) is 7.19. The Balaban J connectivity index is 1.68. The van der Waals surface area contributed by atoms with Crippen LogP contribution in [0, 0.1) is 0 Å². The molecule has 0 aliphatic carbocycles. The summed E-state index contributed by atoms with van der Waals surface area (Å²) in [5.41, 5.74) is 3.24. The second-order valence-electron chi connectivity index (χ2n) is 4.91. The molecule has 0 aliphatic heterocycles. The van der Waals surface area contributed by atoms with Crippen molar-refractivity contribution in [2.45, 2.75) is 0 Å². The van der Waals surface area contributed by atoms with Gasteiger partial charge in [-0.2, -0.15) is 10.2 Å². The molecule has 0 heterocycles. The van der Waals surface area contributed by atoms with Crippen molar-refractivity contribution < 1.29 is 5.11 Å². The molecule has 0 spiro atoms. The first-order chi connectivity index (χ1) is 11.3. The van der Waals surface area contributed by atoms with E-state index in [4.69, 9.17) is 0 Å². The lowest BCUT2D eigenvalue weighted by Crippen LogP contribution is -1.78. The van der Waals surface area contributed by atoms with Crippen LogP contribution in [0.15, 0.2) is 94.1 Å². The van der Waals surface area contributed by atoms with Gasteiger partial charge in [0.25, 0.3) is 0 Å². The van der Waals surface area contributed by atoms with E-state index in [0.29, 0.717) is 0 Å². The van der Waals surface area contributed by atoms with Gasteiger partial charge in [0.05, 0.1) is 17.1 Å². The van der Waals surface area contributed by atoms with Gasteiger partial charge in [0, 0.05) is 6.21 Å². The van der Waals surface area contributed by atoms with E-state index in [1.54, 1.807) is 24.4 Å². The Kier molecular flexibility index (Phi) is 4.55. The lowest BCUT2D eigenvalue weighted by atomic mass is 10.2. The maximum absolute atomic E-state index is 9.42. The lowest BCUT2D eigenvalue weighted by molar-refractivity contribution is 0.475. The number of phenolic OH excluding ortho intramolecular Hbond substituents is 1. The number of azo groups is 1. The van der Waals surface area contributed by atoms with Gasteiger partial charge in [-0.05, 0) is 54.1 Å². The predicted molar refractivity (Wildman–Crippen MR) is 92.4 cm³/mol. The molecule has 0 bridgehead atoms. The number of nitrogens with zero attached hydrogens (tertiary/aromatic N) is 3. The average molecular weight is 301 g/mol. The summed E-state index contributed by atoms with van der Waals surface area (Å²) < 4.78 is 0. The molecule has 4 nitrogen and oxygen atoms in total. The summed E-state index contributed by atoms with van der Waals surface area (Å²) in [6.07, 6.45) is 1.71. The van der Waals surface area contributed by atoms with Gasteiger partial charge in [-0.15, -0.1) is 0 Å². The highest BCUT2D eigenvalue weighted by Crippen LogP contribution is 2.21. The fourth-order valence-electron chi connectivity index (χ4n) is 1.97. The van der Waals surface area contributed by atoms with Gasteiger partial charge in [-0.1, -0.05) is 30.3 Å². The summed E-state index contributed by atoms with van der Waals surface area (Å²) in [6.45, 7) is 0. The summed E-state index contributed by atoms with van der Waals surface area (Å²) in [5.74, 6) is 0.227. The molecule has 112 valence electrons. The third-order valence-electron chi connectivity index (χ3n) is 3.12. The molecule has 3 aromatic carbocycles. The van der Waals surface area contributed by atoms with Crippen molar-refractivity contribution >= 4 is 23.3 Å². The van der Waals surface area contributed by atoms with Crippen LogP contribution in [0.2, 0.25) is 0 Å². The standard InChI is InChI=1S/C19H15N3O/c23-19-8-4-5-15(13-19)14-20-16-9-11-18(12-10-16)22-21-17-6-2-1-3-7-17/h1-14,23H. The molecule has 3 aromatic rings. The number of aliphatic imine (C=N–C) groups is 1. The molecule has 0 saturated heterocycles. The summed E-state index contributed by atoms with van der Waals surface area (Å²) in [4.78, 5) is 4.37. The van der Waals surface area contributed by atoms with Crippen LogP contribution >= 0.6 is 0 Å². The Hall–Kier alpha value is -3.27. The Bertz CT molecular complexity index is 825. The van der Waals surface area contributed by atoms with Gasteiger partial charge >= 0.3 is 0 Å². The van der Waals surface area contributed by atoms with Gasteiger partial charge < -0.3 is 5.11 Å². The largest absolute Gasteiger partial charge is 0.508 e. The molecule has 0 aliphatic rings. The molecular formula is C19H15N3O. The Morgan fingerprint density at radius 1 is 0.652 bits per heavy atom. The molecule has 3 rings (SSSR count). The molecule has 0 amide bonds. The van der Waals surface area contributed by atoms with E-state index in [0.717, 1.165) is 22.6 Å². The van der Waals surface area contributed by atoms with Gasteiger partial charge in [0.15, 0.2) is 0 Å². The highest BCUT2D eigenvalue weighted by molar-refractivity contribution is 5.82. The van der Waals surface area contributed by atoms with Gasteiger partial charge in [0.2, 0.25) is 0 Å². The van der Waals surface area contributed by atoms with Crippen LogP contribution in [0.1, 0.15) is 5.56 Å². The van der Waals surface area contributed by atoms with Crippen molar-refractivity contribution in [3.05, 3.63) is 84.4 Å². The summed E-state index contributed by atoms with van der Waals surface area (Å²) in [5, 5.41) is 17.8. The first-order valence-electron chi connectivity index (χ1n) is 7.19. The van der Waals surface area contributed by atoms with Gasteiger partial charge in [-0.25, -0.2) is 0 Å². The Morgan fingerprint density at radius 2 is 1.30 bits per heavy atom. The first kappa shape index (κ1) is 14.7. The lowest BCUT2D eigenvalue weighted by Gasteiger charge is -1.97. The minimum absolute atomic E-state index is 0.227. The predicted octanol–water partition coefficient (Wildman–Crippen LogP) is 5.56. The molecule has 1 N–H and O–H groups in total. The smallest absolute Gasteiger partial charge is 0.116 e. The molecule has 4 heteroatoms. The highest BCUT2D eigenvalue weighted by atomic mass is 16.3. The van der Waals surface area contributed by atoms with Crippen LogP contribution in [0.5, 0.6) is 5.75 Å². The van der Waals surface area contributed by atoms with E-state index in [1.165, 1.54) is 0 Å². The Labute approximate surface area is 134 Å². The van der Waals surface area contributed by atoms with Crippen LogP contribution in [0.4, 0.5) is 17.1 Å². The minimum Gasteiger partial charge on any atom is -0.508 e. The van der Waals surface area contributed by atoms with Crippen molar-refractivity contribution in [2.75, 3.05) is 0 Å². The number of phenols is 1. The van der Waals surface area contributed by atoms with E-state index < -0.39 is 0 Å². The maximum atomic E-state index is 9.42. The SMILES string of the molecule is Oc1cccc(C=Nc2ccc(N=Nc3ccccc3)cc2)c1. The van der Waals surface area contributed by atoms with E-state index in [1.807, 2.05) is 60.7 Å². The minimum atomic E-state index is 0.227. The second-order valence-corrected chi connectivity index (χ2v) is 4.91. The molecule has 0 saturated carbocycles. The van der Waals surface area contributed by atoms with Crippen LogP contribution in [-0.2, 0) is 0 Å². The number of aromatic hydroxyl groups is 1. The van der Waals surface area contributed by atoms with Crippen molar-refractivity contribution in [3.8, 4) is 5.75 Å². The fourth-order valence-corrected chi connectivity index (χ4v) is 1.97. The van der Waals surface area contributed by atoms with E-state index in [2.05, 4.69) is 15.2 Å². The third-order valence-corrected chi connectivity index (χ3v) is 3.12. The molecule has 0 aromatic heterocycles. The summed E-state index contributed by atoms with van der Waals surface area (Å²) in [7, 11) is 0. The molecule has 0 unspecified atom stereocenters. The van der Waals surface area contributed by atoms with E-state index in [9.17, 15) is 5.11 Å². The van der Waals surface area contributed by atoms with Crippen molar-refractivity contribution in [2.24, 2.45) is 15.2 Å². The number of hydrogen-bond acceptors (Lipinski definition) is 4. The van der Waals surface area contributed by atoms with Crippen LogP contribution in [0.25, 0.3) is 0 Å². The molecule has 0 atom stereocenters. The average Bonchev–Trinajstić information content (AvgIpc) is 2.60. The van der Waals surface area contributed by atoms with Crippen molar-refractivity contribution in [3.63, 3.8) is 0 Å². The monoisotopic (exact) mass is 301 g/mol. The fraction of sp³-hybridized carbons (Fsp3) is 0. The van der Waals surface area contributed by atoms with Gasteiger partial charge in [0.1, 0.15) is 5.75 Å². The quantitative estimate of drug-likeness (QED) is 0.498. The normalized spacial score (nSPS) is 11.3. The van der Waals surface area contributed by atoms with Crippen molar-refractivity contribution in [1.82, 2.24) is 0 Å². The molecular weight excluding hydrogens is 286 g/mol.